The van der Waals surface area contributed by atoms with Gasteiger partial charge in [-0.25, -0.2) is 23.1 Å². The van der Waals surface area contributed by atoms with Crippen LogP contribution in [0.5, 0.6) is 5.88 Å². The number of nitrogens with zero attached hydrogens (tertiary/aromatic N) is 6. The van der Waals surface area contributed by atoms with Crippen LogP contribution in [0.15, 0.2) is 65.8 Å². The molecule has 1 N–H and O–H groups in total. The Morgan fingerprint density at radius 2 is 1.76 bits per heavy atom. The average Bonchev–Trinajstić information content (AvgIpc) is 3.08. The Hall–Kier alpha value is -4.62. The summed E-state index contributed by atoms with van der Waals surface area (Å²) in [6, 6.07) is 13.7. The van der Waals surface area contributed by atoms with E-state index < -0.39 is 16.1 Å². The fourth-order valence-electron chi connectivity index (χ4n) is 7.02. The maximum Gasteiger partial charge on any atom is 0.264 e. The summed E-state index contributed by atoms with van der Waals surface area (Å²) in [7, 11) is -2.15. The zero-order valence-electron chi connectivity index (χ0n) is 28.7. The number of anilines is 2. The first-order valence-electron chi connectivity index (χ1n) is 17.3. The molecule has 1 aliphatic carbocycles. The fourth-order valence-corrected chi connectivity index (χ4v) is 8.01. The van der Waals surface area contributed by atoms with Crippen LogP contribution < -0.4 is 14.4 Å². The van der Waals surface area contributed by atoms with Crippen molar-refractivity contribution in [2.75, 3.05) is 36.5 Å². The van der Waals surface area contributed by atoms with E-state index in [9.17, 15) is 13.2 Å². The van der Waals surface area contributed by atoms with Crippen LogP contribution in [0.25, 0.3) is 11.3 Å². The second-order valence-corrected chi connectivity index (χ2v) is 15.3. The first kappa shape index (κ1) is 33.9. The van der Waals surface area contributed by atoms with E-state index in [-0.39, 0.29) is 47.3 Å². The monoisotopic (exact) mass is 697 g/mol. The third-order valence-corrected chi connectivity index (χ3v) is 11.4. The Bertz CT molecular complexity index is 1960. The predicted molar refractivity (Wildman–Crippen MR) is 190 cm³/mol. The number of carbonyl (C=O) groups is 1. The van der Waals surface area contributed by atoms with Gasteiger partial charge in [0, 0.05) is 43.5 Å². The molecule has 2 atom stereocenters. The highest BCUT2D eigenvalue weighted by atomic mass is 32.2. The minimum atomic E-state index is -4.18. The molecule has 12 nitrogen and oxygen atoms in total. The summed E-state index contributed by atoms with van der Waals surface area (Å²) >= 11 is 0. The van der Waals surface area contributed by atoms with Crippen LogP contribution in [0.3, 0.4) is 0 Å². The highest BCUT2D eigenvalue weighted by molar-refractivity contribution is 7.92. The zero-order chi connectivity index (χ0) is 34.8. The topological polar surface area (TPSA) is 140 Å². The van der Waals surface area contributed by atoms with Crippen molar-refractivity contribution in [2.24, 2.45) is 5.92 Å². The van der Waals surface area contributed by atoms with Gasteiger partial charge in [-0.3, -0.25) is 9.78 Å². The van der Waals surface area contributed by atoms with E-state index in [4.69, 9.17) is 14.5 Å². The van der Waals surface area contributed by atoms with Gasteiger partial charge in [0.1, 0.15) is 12.4 Å². The van der Waals surface area contributed by atoms with E-state index >= 15 is 0 Å². The SMILES string of the molecule is Cc1cccc(C)c1-c1cc2nc(n1)NS(=O)(=O)c1cccc(c1)C(=O)N(Cc1cncc(N(C)C3CCC3)n1)[C@H](C[C@H]1CCCOC1)CO2. The van der Waals surface area contributed by atoms with Crippen LogP contribution in [0.4, 0.5) is 11.8 Å². The van der Waals surface area contributed by atoms with Crippen LogP contribution in [0.1, 0.15) is 65.7 Å². The summed E-state index contributed by atoms with van der Waals surface area (Å²) in [5, 5.41) is 0. The van der Waals surface area contributed by atoms with Gasteiger partial charge in [-0.05, 0) is 87.6 Å². The molecule has 4 bridgehead atoms. The van der Waals surface area contributed by atoms with Crippen LogP contribution in [-0.4, -0.2) is 78.1 Å². The average molecular weight is 698 g/mol. The third kappa shape index (κ3) is 7.29. The number of aromatic nitrogens is 4. The van der Waals surface area contributed by atoms with Gasteiger partial charge in [-0.2, -0.15) is 4.98 Å². The number of sulfonamides is 1. The summed E-state index contributed by atoms with van der Waals surface area (Å²) in [5.41, 5.74) is 4.21. The second-order valence-electron chi connectivity index (χ2n) is 13.6. The standard InChI is InChI=1S/C37H43N7O5S/c1-24-8-4-9-25(2)35(24)32-18-34-41-37(40-32)42-50(46,47)31-14-5-11-27(17-31)36(45)44(30(23-49-34)16-26-10-7-15-48-22-26)21-28-19-38-20-33(39-28)43(3)29-12-6-13-29/h4-5,8-9,11,14,17-20,26,29-30H,6-7,10,12-13,15-16,21-23H2,1-3H3,(H,40,41,42)/t26-,30-/m1/s1. The Balaban J connectivity index is 1.32. The van der Waals surface area contributed by atoms with Crippen LogP contribution >= 0.6 is 0 Å². The maximum absolute atomic E-state index is 14.6. The molecule has 0 spiro atoms. The smallest absolute Gasteiger partial charge is 0.264 e. The zero-order valence-corrected chi connectivity index (χ0v) is 29.5. The number of hydrogen-bond acceptors (Lipinski definition) is 10. The lowest BCUT2D eigenvalue weighted by Gasteiger charge is -2.36. The lowest BCUT2D eigenvalue weighted by atomic mass is 9.92. The number of benzene rings is 2. The molecule has 2 aliphatic heterocycles. The minimum absolute atomic E-state index is 0.0766. The molecule has 7 rings (SSSR count). The van der Waals surface area contributed by atoms with Gasteiger partial charge >= 0.3 is 0 Å². The summed E-state index contributed by atoms with van der Waals surface area (Å²) in [5.74, 6) is 0.700. The number of nitrogens with one attached hydrogen (secondary N) is 1. The molecule has 1 saturated carbocycles. The van der Waals surface area contributed by atoms with Crippen molar-refractivity contribution in [3.05, 3.63) is 83.3 Å². The van der Waals surface area contributed by atoms with Crippen molar-refractivity contribution in [2.45, 2.75) is 75.9 Å². The summed E-state index contributed by atoms with van der Waals surface area (Å²) < 4.78 is 42.3. The first-order chi connectivity index (χ1) is 24.1. The maximum atomic E-state index is 14.6. The Morgan fingerprint density at radius 3 is 2.50 bits per heavy atom. The highest BCUT2D eigenvalue weighted by Crippen LogP contribution is 2.32. The second kappa shape index (κ2) is 14.3. The van der Waals surface area contributed by atoms with Gasteiger partial charge in [0.2, 0.25) is 11.8 Å². The van der Waals surface area contributed by atoms with Gasteiger partial charge in [0.15, 0.2) is 0 Å². The number of carbonyl (C=O) groups excluding carboxylic acids is 1. The van der Waals surface area contributed by atoms with E-state index in [1.165, 1.54) is 18.6 Å². The predicted octanol–water partition coefficient (Wildman–Crippen LogP) is 5.56. The Morgan fingerprint density at radius 1 is 0.960 bits per heavy atom. The molecule has 2 aromatic heterocycles. The number of rotatable bonds is 7. The van der Waals surface area contributed by atoms with Crippen molar-refractivity contribution in [1.82, 2.24) is 24.8 Å². The number of ether oxygens (including phenoxy) is 2. The summed E-state index contributed by atoms with van der Waals surface area (Å²) in [6.45, 7) is 5.53. The molecule has 3 aliphatic rings. The van der Waals surface area contributed by atoms with Gasteiger partial charge in [-0.15, -0.1) is 0 Å². The van der Waals surface area contributed by atoms with Crippen LogP contribution in [0.2, 0.25) is 0 Å². The lowest BCUT2D eigenvalue weighted by molar-refractivity contribution is 0.0250. The molecule has 4 aromatic rings. The Labute approximate surface area is 293 Å². The molecule has 2 aromatic carbocycles. The van der Waals surface area contributed by atoms with Gasteiger partial charge < -0.3 is 19.3 Å². The molecular formula is C37H43N7O5S. The van der Waals surface area contributed by atoms with E-state index in [2.05, 4.69) is 24.6 Å². The molecular weight excluding hydrogens is 655 g/mol. The van der Waals surface area contributed by atoms with Gasteiger partial charge in [0.05, 0.1) is 41.3 Å². The van der Waals surface area contributed by atoms with Crippen molar-refractivity contribution < 1.29 is 22.7 Å². The fraction of sp³-hybridized carbons (Fsp3) is 0.432. The molecule has 1 saturated heterocycles. The van der Waals surface area contributed by atoms with E-state index in [1.54, 1.807) is 35.5 Å². The molecule has 0 unspecified atom stereocenters. The van der Waals surface area contributed by atoms with Crippen molar-refractivity contribution >= 4 is 27.7 Å². The molecule has 50 heavy (non-hydrogen) atoms. The number of fused-ring (bicyclic) bond motifs is 4. The van der Waals surface area contributed by atoms with Crippen molar-refractivity contribution in [3.63, 3.8) is 0 Å². The molecule has 4 heterocycles. The first-order valence-corrected chi connectivity index (χ1v) is 18.8. The lowest BCUT2D eigenvalue weighted by Crippen LogP contribution is -2.45. The molecule has 2 fully saturated rings. The molecule has 13 heteroatoms. The van der Waals surface area contributed by atoms with E-state index in [0.29, 0.717) is 30.5 Å². The minimum Gasteiger partial charge on any atom is -0.475 e. The summed E-state index contributed by atoms with van der Waals surface area (Å²) in [4.78, 5) is 37.0. The quantitative estimate of drug-likeness (QED) is 0.261. The number of hydrogen-bond donors (Lipinski definition) is 1. The van der Waals surface area contributed by atoms with E-state index in [1.807, 2.05) is 39.1 Å². The van der Waals surface area contributed by atoms with Crippen molar-refractivity contribution in [1.29, 1.82) is 0 Å². The number of aryl methyl sites for hydroxylation is 2. The number of amides is 1. The molecule has 0 radical (unpaired) electrons. The van der Waals surface area contributed by atoms with Crippen molar-refractivity contribution in [3.8, 4) is 17.1 Å². The molecule has 1 amide bonds. The Kier molecular flexibility index (Phi) is 9.69. The largest absolute Gasteiger partial charge is 0.475 e. The summed E-state index contributed by atoms with van der Waals surface area (Å²) in [6.07, 6.45) is 9.37. The van der Waals surface area contributed by atoms with Crippen LogP contribution in [-0.2, 0) is 21.3 Å². The highest BCUT2D eigenvalue weighted by Gasteiger charge is 2.32. The van der Waals surface area contributed by atoms with Gasteiger partial charge in [-0.1, -0.05) is 24.3 Å². The molecule has 262 valence electrons. The normalized spacial score (nSPS) is 20.7. The van der Waals surface area contributed by atoms with Gasteiger partial charge in [0.25, 0.3) is 15.9 Å². The van der Waals surface area contributed by atoms with Crippen LogP contribution in [0, 0.1) is 19.8 Å². The third-order valence-electron chi connectivity index (χ3n) is 10.0. The van der Waals surface area contributed by atoms with E-state index in [0.717, 1.165) is 54.8 Å².